The van der Waals surface area contributed by atoms with Gasteiger partial charge in [-0.25, -0.2) is 0 Å². The van der Waals surface area contributed by atoms with E-state index in [-0.39, 0.29) is 11.1 Å². The van der Waals surface area contributed by atoms with Crippen LogP contribution in [0, 0.1) is 6.92 Å². The van der Waals surface area contributed by atoms with E-state index >= 15 is 0 Å². The number of hydrogen-bond donors (Lipinski definition) is 0. The molecule has 3 nitrogen and oxygen atoms in total. The number of hydrogen-bond acceptors (Lipinski definition) is 3. The molecular weight excluding hydrogens is 377 g/mol. The van der Waals surface area contributed by atoms with E-state index in [1.54, 1.807) is 6.92 Å². The summed E-state index contributed by atoms with van der Waals surface area (Å²) in [5, 5.41) is 3.32. The molecule has 140 valence electrons. The van der Waals surface area contributed by atoms with Gasteiger partial charge < -0.3 is 9.26 Å². The number of halogens is 5. The number of rotatable bonds is 4. The van der Waals surface area contributed by atoms with Crippen molar-refractivity contribution in [3.8, 4) is 28.3 Å². The van der Waals surface area contributed by atoms with E-state index in [4.69, 9.17) is 9.26 Å². The van der Waals surface area contributed by atoms with Crippen LogP contribution in [0.1, 0.15) is 5.56 Å². The van der Waals surface area contributed by atoms with Gasteiger partial charge >= 0.3 is 10.2 Å². The van der Waals surface area contributed by atoms with Crippen molar-refractivity contribution in [2.45, 2.75) is 11.8 Å². The van der Waals surface area contributed by atoms with E-state index in [1.807, 2.05) is 0 Å². The summed E-state index contributed by atoms with van der Waals surface area (Å²) in [5.74, 6) is -0.664. The first-order chi connectivity index (χ1) is 11.9. The molecule has 0 amide bonds. The number of methoxy groups -OCH3 is 1. The molecule has 1 heterocycles. The van der Waals surface area contributed by atoms with Crippen molar-refractivity contribution >= 4 is 10.2 Å². The highest BCUT2D eigenvalue weighted by atomic mass is 32.5. The predicted octanol–water partition coefficient (Wildman–Crippen LogP) is 6.98. The minimum atomic E-state index is -10.1. The third-order valence-electron chi connectivity index (χ3n) is 3.71. The van der Waals surface area contributed by atoms with Gasteiger partial charge in [0.05, 0.1) is 7.11 Å². The largest absolute Gasteiger partial charge is 0.497 e. The molecule has 0 saturated heterocycles. The third-order valence-corrected chi connectivity index (χ3v) is 4.86. The highest BCUT2D eigenvalue weighted by molar-refractivity contribution is 8.46. The van der Waals surface area contributed by atoms with Gasteiger partial charge in [0.25, 0.3) is 0 Å². The third kappa shape index (κ3) is 3.52. The summed E-state index contributed by atoms with van der Waals surface area (Å²) in [6.07, 6.45) is 0. The maximum absolute atomic E-state index is 13.8. The molecule has 0 fully saturated rings. The standard InChI is InChI=1S/C17H14F5NO2S/c1-11-3-5-12(6-4-11)15-17(26(18,19,20,21)22)16(25-23-15)13-7-9-14(24-2)10-8-13/h3-10H,1-2H3. The molecule has 3 rings (SSSR count). The quantitative estimate of drug-likeness (QED) is 0.450. The maximum atomic E-state index is 13.8. The van der Waals surface area contributed by atoms with Gasteiger partial charge in [-0.05, 0) is 31.2 Å². The van der Waals surface area contributed by atoms with Crippen molar-refractivity contribution in [1.29, 1.82) is 0 Å². The highest BCUT2D eigenvalue weighted by Crippen LogP contribution is 3.03. The second-order valence-corrected chi connectivity index (χ2v) is 8.10. The summed E-state index contributed by atoms with van der Waals surface area (Å²) in [7, 11) is -8.71. The normalized spacial score (nSPS) is 14.6. The van der Waals surface area contributed by atoms with Crippen LogP contribution in [0.3, 0.4) is 0 Å². The zero-order chi connectivity index (χ0) is 19.2. The van der Waals surface area contributed by atoms with Crippen molar-refractivity contribution in [1.82, 2.24) is 5.16 Å². The first-order valence-corrected chi connectivity index (χ1v) is 9.29. The fourth-order valence-electron chi connectivity index (χ4n) is 2.46. The van der Waals surface area contributed by atoms with Crippen LogP contribution in [-0.4, -0.2) is 12.3 Å². The lowest BCUT2D eigenvalue weighted by atomic mass is 10.1. The Balaban J connectivity index is 2.28. The Morgan fingerprint density at radius 1 is 0.846 bits per heavy atom. The Morgan fingerprint density at radius 3 is 1.88 bits per heavy atom. The van der Waals surface area contributed by atoms with Gasteiger partial charge in [-0.1, -0.05) is 54.4 Å². The van der Waals surface area contributed by atoms with Crippen molar-refractivity contribution in [2.75, 3.05) is 7.11 Å². The highest BCUT2D eigenvalue weighted by Gasteiger charge is 2.69. The lowest BCUT2D eigenvalue weighted by molar-refractivity contribution is 0.362. The van der Waals surface area contributed by atoms with Crippen molar-refractivity contribution in [3.63, 3.8) is 0 Å². The summed E-state index contributed by atoms with van der Waals surface area (Å²) in [4.78, 5) is -2.13. The molecule has 26 heavy (non-hydrogen) atoms. The molecule has 0 bridgehead atoms. The molecule has 2 aromatic carbocycles. The van der Waals surface area contributed by atoms with E-state index < -0.39 is 26.6 Å². The lowest BCUT2D eigenvalue weighted by Crippen LogP contribution is -2.08. The summed E-state index contributed by atoms with van der Waals surface area (Å²) < 4.78 is 78.5. The second kappa shape index (κ2) is 5.23. The molecule has 1 aromatic heterocycles. The number of nitrogens with zero attached hydrogens (tertiary/aromatic N) is 1. The van der Waals surface area contributed by atoms with Gasteiger partial charge in [-0.3, -0.25) is 0 Å². The van der Waals surface area contributed by atoms with Crippen molar-refractivity contribution in [2.24, 2.45) is 0 Å². The summed E-state index contributed by atoms with van der Waals surface area (Å²) >= 11 is 0. The van der Waals surface area contributed by atoms with Gasteiger partial charge in [0.15, 0.2) is 10.7 Å². The predicted molar refractivity (Wildman–Crippen MR) is 90.1 cm³/mol. The van der Waals surface area contributed by atoms with E-state index in [0.29, 0.717) is 5.75 Å². The van der Waals surface area contributed by atoms with Crippen LogP contribution in [0.4, 0.5) is 19.4 Å². The molecule has 0 aliphatic heterocycles. The Morgan fingerprint density at radius 2 is 1.38 bits per heavy atom. The minimum absolute atomic E-state index is 0.109. The van der Waals surface area contributed by atoms with Crippen molar-refractivity contribution in [3.05, 3.63) is 54.1 Å². The van der Waals surface area contributed by atoms with Crippen LogP contribution < -0.4 is 4.74 Å². The molecule has 0 aliphatic rings. The van der Waals surface area contributed by atoms with Crippen molar-refractivity contribution < 1.29 is 28.7 Å². The van der Waals surface area contributed by atoms with Gasteiger partial charge in [-0.2, -0.15) is 0 Å². The molecule has 0 saturated carbocycles. The molecule has 0 N–H and O–H groups in total. The number of aryl methyl sites for hydroxylation is 1. The maximum Gasteiger partial charge on any atom is 0.316 e. The fourth-order valence-corrected chi connectivity index (χ4v) is 3.49. The van der Waals surface area contributed by atoms with Gasteiger partial charge in [0.2, 0.25) is 0 Å². The van der Waals surface area contributed by atoms with Crippen LogP contribution in [-0.2, 0) is 0 Å². The second-order valence-electron chi connectivity index (χ2n) is 5.75. The molecule has 0 radical (unpaired) electrons. The molecular formula is C17H14F5NO2S. The van der Waals surface area contributed by atoms with Crippen LogP contribution in [0.2, 0.25) is 0 Å². The van der Waals surface area contributed by atoms with E-state index in [9.17, 15) is 19.4 Å². The molecule has 0 spiro atoms. The molecule has 0 atom stereocenters. The first kappa shape index (κ1) is 18.2. The van der Waals surface area contributed by atoms with Gasteiger partial charge in [-0.15, -0.1) is 0 Å². The summed E-state index contributed by atoms with van der Waals surface area (Å²) in [5.41, 5.74) is -0.459. The molecule has 3 aromatic rings. The Kier molecular flexibility index (Phi) is 3.67. The zero-order valence-corrected chi connectivity index (χ0v) is 14.5. The minimum Gasteiger partial charge on any atom is -0.497 e. The van der Waals surface area contributed by atoms with E-state index in [0.717, 1.165) is 5.56 Å². The lowest BCUT2D eigenvalue weighted by Gasteiger charge is -2.40. The van der Waals surface area contributed by atoms with Gasteiger partial charge in [0, 0.05) is 11.1 Å². The SMILES string of the molecule is COc1ccc(-c2onc(-c3ccc(C)cc3)c2S(F)(F)(F)(F)F)cc1. The van der Waals surface area contributed by atoms with E-state index in [2.05, 4.69) is 5.16 Å². The van der Waals surface area contributed by atoms with Crippen LogP contribution >= 0.6 is 10.2 Å². The number of benzene rings is 2. The average Bonchev–Trinajstić information content (AvgIpc) is 3.00. The summed E-state index contributed by atoms with van der Waals surface area (Å²) in [6.45, 7) is 1.72. The first-order valence-electron chi connectivity index (χ1n) is 7.34. The van der Waals surface area contributed by atoms with Gasteiger partial charge in [0.1, 0.15) is 11.4 Å². The molecule has 9 heteroatoms. The molecule has 0 aliphatic carbocycles. The zero-order valence-electron chi connectivity index (χ0n) is 13.7. The topological polar surface area (TPSA) is 35.3 Å². The number of aromatic nitrogens is 1. The number of ether oxygens (including phenoxy) is 1. The van der Waals surface area contributed by atoms with Crippen LogP contribution in [0.15, 0.2) is 57.9 Å². The van der Waals surface area contributed by atoms with Crippen LogP contribution in [0.25, 0.3) is 22.6 Å². The average molecular weight is 391 g/mol. The Bertz CT molecular complexity index is 949. The Hall–Kier alpha value is -2.55. The summed E-state index contributed by atoms with van der Waals surface area (Å²) in [6, 6.07) is 10.7. The smallest absolute Gasteiger partial charge is 0.316 e. The fraction of sp³-hybridized carbons (Fsp3) is 0.118. The monoisotopic (exact) mass is 391 g/mol. The van der Waals surface area contributed by atoms with E-state index in [1.165, 1.54) is 55.6 Å². The Labute approximate surface area is 146 Å². The molecule has 0 unspecified atom stereocenters. The van der Waals surface area contributed by atoms with Crippen LogP contribution in [0.5, 0.6) is 5.75 Å².